The topological polar surface area (TPSA) is 84.2 Å². The fourth-order valence-corrected chi connectivity index (χ4v) is 4.28. The van der Waals surface area contributed by atoms with Crippen molar-refractivity contribution in [2.24, 2.45) is 0 Å². The highest BCUT2D eigenvalue weighted by atomic mass is 19.3. The highest BCUT2D eigenvalue weighted by Crippen LogP contribution is 2.36. The van der Waals surface area contributed by atoms with Crippen LogP contribution in [0.4, 0.5) is 26.3 Å². The molecule has 0 bridgehead atoms. The highest BCUT2D eigenvalue weighted by molar-refractivity contribution is 5.87. The summed E-state index contributed by atoms with van der Waals surface area (Å²) in [4.78, 5) is 24.0. The first-order chi connectivity index (χ1) is 21.0. The molecule has 0 aliphatic carbocycles. The molecular formula is C32H34F6O7. The molecule has 45 heavy (non-hydrogen) atoms. The van der Waals surface area contributed by atoms with Crippen molar-refractivity contribution in [2.45, 2.75) is 77.8 Å². The molecule has 1 heterocycles. The second kappa shape index (κ2) is 15.0. The number of rotatable bonds is 17. The third-order valence-electron chi connectivity index (χ3n) is 6.53. The summed E-state index contributed by atoms with van der Waals surface area (Å²) in [5.41, 5.74) is 2.46. The highest BCUT2D eigenvalue weighted by Gasteiger charge is 2.52. The molecule has 0 aliphatic rings. The Morgan fingerprint density at radius 1 is 0.889 bits per heavy atom. The van der Waals surface area contributed by atoms with Gasteiger partial charge in [-0.05, 0) is 61.6 Å². The van der Waals surface area contributed by atoms with E-state index in [1.165, 1.54) is 30.7 Å². The summed E-state index contributed by atoms with van der Waals surface area (Å²) in [5.74, 6) is -1.08. The van der Waals surface area contributed by atoms with E-state index < -0.39 is 56.2 Å². The standard InChI is InChI=1S/C32H34F6O7/c1-5-6-7-8-22-9-12-25(21(4)17-22)26-18-23-10-11-24(19-27(23)43-29(26)40)41-15-13-30(33,34)44-32(37,38)45-31(35,36)14-16-42-28(39)20(2)3/h9-12,17-19H,2,5-8,13-16H2,1,3-4H3. The number of fused-ring (bicyclic) bond motifs is 1. The molecule has 246 valence electrons. The molecule has 0 saturated heterocycles. The van der Waals surface area contributed by atoms with Crippen LogP contribution in [0.1, 0.15) is 57.1 Å². The van der Waals surface area contributed by atoms with Crippen molar-refractivity contribution >= 4 is 16.9 Å². The maximum absolute atomic E-state index is 14.0. The van der Waals surface area contributed by atoms with Gasteiger partial charge in [0.2, 0.25) is 0 Å². The molecule has 3 aromatic rings. The Labute approximate surface area is 255 Å². The molecule has 0 radical (unpaired) electrons. The van der Waals surface area contributed by atoms with Crippen molar-refractivity contribution in [2.75, 3.05) is 13.2 Å². The Hall–Kier alpha value is -3.84. The molecule has 0 fully saturated rings. The maximum atomic E-state index is 14.0. The minimum Gasteiger partial charge on any atom is -0.493 e. The fourth-order valence-electron chi connectivity index (χ4n) is 4.28. The van der Waals surface area contributed by atoms with E-state index in [9.17, 15) is 35.9 Å². The van der Waals surface area contributed by atoms with Crippen molar-refractivity contribution in [1.82, 2.24) is 0 Å². The van der Waals surface area contributed by atoms with Gasteiger partial charge in [-0.1, -0.05) is 44.5 Å². The number of ether oxygens (including phenoxy) is 4. The smallest absolute Gasteiger partial charge is 0.493 e. The first kappa shape index (κ1) is 35.6. The SMILES string of the molecule is C=C(C)C(=O)OCCC(F)(F)OC(F)(F)OC(F)(F)CCOc1ccc2cc(-c3ccc(CCCCC)cc3C)c(=O)oc2c1. The number of aryl methyl sites for hydroxylation is 2. The molecule has 0 N–H and O–H groups in total. The van der Waals surface area contributed by atoms with Gasteiger partial charge in [0.05, 0.1) is 31.6 Å². The molecule has 0 aliphatic heterocycles. The number of benzene rings is 2. The summed E-state index contributed by atoms with van der Waals surface area (Å²) in [6.07, 6.45) is -13.5. The predicted octanol–water partition coefficient (Wildman–Crippen LogP) is 8.55. The van der Waals surface area contributed by atoms with Gasteiger partial charge in [0.1, 0.15) is 11.3 Å². The molecule has 0 unspecified atom stereocenters. The summed E-state index contributed by atoms with van der Waals surface area (Å²) in [7, 11) is 0. The number of carbonyl (C=O) groups is 1. The van der Waals surface area contributed by atoms with Gasteiger partial charge in [-0.25, -0.2) is 19.1 Å². The van der Waals surface area contributed by atoms with E-state index in [1.807, 2.05) is 25.1 Å². The third kappa shape index (κ3) is 10.9. The van der Waals surface area contributed by atoms with Crippen molar-refractivity contribution in [3.05, 3.63) is 76.2 Å². The van der Waals surface area contributed by atoms with Gasteiger partial charge in [0, 0.05) is 17.0 Å². The number of hydrogen-bond acceptors (Lipinski definition) is 7. The van der Waals surface area contributed by atoms with Crippen LogP contribution in [0, 0.1) is 6.92 Å². The lowest BCUT2D eigenvalue weighted by atomic mass is 9.97. The minimum absolute atomic E-state index is 0.0272. The van der Waals surface area contributed by atoms with E-state index in [-0.39, 0.29) is 16.9 Å². The Balaban J connectivity index is 1.59. The number of unbranched alkanes of at least 4 members (excludes halogenated alkanes) is 2. The van der Waals surface area contributed by atoms with E-state index in [0.29, 0.717) is 16.5 Å². The number of carbonyl (C=O) groups excluding carboxylic acids is 1. The lowest BCUT2D eigenvalue weighted by Crippen LogP contribution is -2.41. The molecule has 3 rings (SSSR count). The largest absolute Gasteiger partial charge is 0.494 e. The van der Waals surface area contributed by atoms with E-state index in [1.54, 1.807) is 6.07 Å². The second-order valence-electron chi connectivity index (χ2n) is 10.5. The second-order valence-corrected chi connectivity index (χ2v) is 10.5. The summed E-state index contributed by atoms with van der Waals surface area (Å²) < 4.78 is 104. The van der Waals surface area contributed by atoms with Gasteiger partial charge in [-0.2, -0.15) is 17.6 Å². The van der Waals surface area contributed by atoms with E-state index in [2.05, 4.69) is 27.7 Å². The fraction of sp³-hybridized carbons (Fsp3) is 0.438. The molecule has 0 amide bonds. The van der Waals surface area contributed by atoms with Crippen LogP contribution in [0.5, 0.6) is 5.75 Å². The van der Waals surface area contributed by atoms with Crippen LogP contribution in [0.3, 0.4) is 0 Å². The van der Waals surface area contributed by atoms with Crippen molar-refractivity contribution < 1.29 is 54.5 Å². The molecule has 2 aromatic carbocycles. The van der Waals surface area contributed by atoms with Crippen LogP contribution in [-0.4, -0.2) is 37.7 Å². The Bertz CT molecular complexity index is 1550. The number of esters is 1. The summed E-state index contributed by atoms with van der Waals surface area (Å²) in [6.45, 7) is 6.55. The Kier molecular flexibility index (Phi) is 11.8. The van der Waals surface area contributed by atoms with Crippen LogP contribution in [-0.2, 0) is 25.4 Å². The summed E-state index contributed by atoms with van der Waals surface area (Å²) in [5, 5.41) is 0.518. The van der Waals surface area contributed by atoms with Crippen molar-refractivity contribution in [1.29, 1.82) is 0 Å². The Morgan fingerprint density at radius 3 is 2.18 bits per heavy atom. The summed E-state index contributed by atoms with van der Waals surface area (Å²) >= 11 is 0. The zero-order chi connectivity index (χ0) is 33.4. The number of halogens is 6. The normalized spacial score (nSPS) is 12.4. The first-order valence-electron chi connectivity index (χ1n) is 14.2. The quantitative estimate of drug-likeness (QED) is 0.0364. The lowest BCUT2D eigenvalue weighted by Gasteiger charge is -2.26. The number of hydrogen-bond donors (Lipinski definition) is 0. The van der Waals surface area contributed by atoms with E-state index >= 15 is 0 Å². The third-order valence-corrected chi connectivity index (χ3v) is 6.53. The summed E-state index contributed by atoms with van der Waals surface area (Å²) in [6, 6.07) is 11.7. The van der Waals surface area contributed by atoms with Gasteiger partial charge < -0.3 is 13.9 Å². The van der Waals surface area contributed by atoms with Gasteiger partial charge >= 0.3 is 30.1 Å². The van der Waals surface area contributed by atoms with Crippen molar-refractivity contribution in [3.8, 4) is 16.9 Å². The Morgan fingerprint density at radius 2 is 1.56 bits per heavy atom. The molecule has 13 heteroatoms. The average molecular weight is 645 g/mol. The minimum atomic E-state index is -5.40. The van der Waals surface area contributed by atoms with E-state index in [4.69, 9.17) is 9.15 Å². The van der Waals surface area contributed by atoms with Crippen LogP contribution in [0.15, 0.2) is 63.8 Å². The van der Waals surface area contributed by atoms with Gasteiger partial charge in [0.25, 0.3) is 0 Å². The van der Waals surface area contributed by atoms with Crippen LogP contribution in [0.25, 0.3) is 22.1 Å². The molecule has 7 nitrogen and oxygen atoms in total. The maximum Gasteiger partial charge on any atom is 0.494 e. The zero-order valence-electron chi connectivity index (χ0n) is 25.0. The molecule has 0 saturated carbocycles. The molecule has 1 aromatic heterocycles. The predicted molar refractivity (Wildman–Crippen MR) is 153 cm³/mol. The van der Waals surface area contributed by atoms with Gasteiger partial charge in [0.15, 0.2) is 0 Å². The molecule has 0 spiro atoms. The first-order valence-corrected chi connectivity index (χ1v) is 14.2. The van der Waals surface area contributed by atoms with Gasteiger partial charge in [-0.15, -0.1) is 8.78 Å². The van der Waals surface area contributed by atoms with E-state index in [0.717, 1.165) is 31.2 Å². The van der Waals surface area contributed by atoms with Crippen molar-refractivity contribution in [3.63, 3.8) is 0 Å². The molecule has 0 atom stereocenters. The van der Waals surface area contributed by atoms with Crippen LogP contribution >= 0.6 is 0 Å². The monoisotopic (exact) mass is 644 g/mol. The molecular weight excluding hydrogens is 610 g/mol. The zero-order valence-corrected chi connectivity index (χ0v) is 25.0. The van der Waals surface area contributed by atoms with Crippen LogP contribution < -0.4 is 10.4 Å². The van der Waals surface area contributed by atoms with Gasteiger partial charge in [-0.3, -0.25) is 0 Å². The van der Waals surface area contributed by atoms with Crippen LogP contribution in [0.2, 0.25) is 0 Å². The average Bonchev–Trinajstić information content (AvgIpc) is 2.91. The lowest BCUT2D eigenvalue weighted by molar-refractivity contribution is -0.514. The number of alkyl halides is 6.